The van der Waals surface area contributed by atoms with Crippen molar-refractivity contribution in [2.45, 2.75) is 20.4 Å². The summed E-state index contributed by atoms with van der Waals surface area (Å²) >= 11 is 0. The van der Waals surface area contributed by atoms with Gasteiger partial charge in [0.1, 0.15) is 23.3 Å². The SMILES string of the molecule is CCN(Cc1ccccc1)c1cc(Nc2cccc(F)c2)nc(C)n1. The summed E-state index contributed by atoms with van der Waals surface area (Å²) in [6, 6.07) is 18.5. The van der Waals surface area contributed by atoms with Crippen molar-refractivity contribution >= 4 is 17.3 Å². The lowest BCUT2D eigenvalue weighted by Gasteiger charge is -2.23. The van der Waals surface area contributed by atoms with E-state index in [-0.39, 0.29) is 5.82 Å². The molecule has 0 saturated heterocycles. The summed E-state index contributed by atoms with van der Waals surface area (Å²) in [5.74, 6) is 1.88. The molecule has 3 rings (SSSR count). The lowest BCUT2D eigenvalue weighted by Crippen LogP contribution is -2.23. The van der Waals surface area contributed by atoms with Gasteiger partial charge in [-0.15, -0.1) is 0 Å². The third kappa shape index (κ3) is 4.53. The highest BCUT2D eigenvalue weighted by Gasteiger charge is 2.10. The van der Waals surface area contributed by atoms with E-state index in [2.05, 4.69) is 39.2 Å². The molecule has 1 aromatic heterocycles. The van der Waals surface area contributed by atoms with Crippen LogP contribution in [-0.4, -0.2) is 16.5 Å². The van der Waals surface area contributed by atoms with E-state index in [4.69, 9.17) is 0 Å². The Balaban J connectivity index is 1.84. The van der Waals surface area contributed by atoms with Gasteiger partial charge in [0.25, 0.3) is 0 Å². The number of benzene rings is 2. The summed E-state index contributed by atoms with van der Waals surface area (Å²) in [6.45, 7) is 5.55. The first-order valence-corrected chi connectivity index (χ1v) is 8.31. The molecule has 4 nitrogen and oxygen atoms in total. The molecule has 0 radical (unpaired) electrons. The Bertz CT molecular complexity index is 836. The number of aromatic nitrogens is 2. The number of rotatable bonds is 6. The average molecular weight is 336 g/mol. The van der Waals surface area contributed by atoms with Crippen LogP contribution in [0.2, 0.25) is 0 Å². The third-order valence-electron chi connectivity index (χ3n) is 3.84. The Kier molecular flexibility index (Phi) is 5.23. The van der Waals surface area contributed by atoms with Crippen molar-refractivity contribution in [3.05, 3.63) is 77.9 Å². The van der Waals surface area contributed by atoms with Crippen LogP contribution < -0.4 is 10.2 Å². The summed E-state index contributed by atoms with van der Waals surface area (Å²) in [6.07, 6.45) is 0. The molecule has 5 heteroatoms. The number of hydrogen-bond donors (Lipinski definition) is 1. The van der Waals surface area contributed by atoms with E-state index in [1.807, 2.05) is 37.3 Å². The Labute approximate surface area is 147 Å². The van der Waals surface area contributed by atoms with Gasteiger partial charge in [-0.1, -0.05) is 36.4 Å². The van der Waals surface area contributed by atoms with Crippen molar-refractivity contribution in [1.82, 2.24) is 9.97 Å². The minimum atomic E-state index is -0.282. The quantitative estimate of drug-likeness (QED) is 0.709. The van der Waals surface area contributed by atoms with Crippen LogP contribution >= 0.6 is 0 Å². The standard InChI is InChI=1S/C20H21FN4/c1-3-25(14-16-8-5-4-6-9-16)20-13-19(22-15(2)23-20)24-18-11-7-10-17(21)12-18/h4-13H,3,14H2,1-2H3,(H,22,23,24). The van der Waals surface area contributed by atoms with Crippen LogP contribution in [0.25, 0.3) is 0 Å². The summed E-state index contributed by atoms with van der Waals surface area (Å²) in [5.41, 5.74) is 1.88. The zero-order valence-electron chi connectivity index (χ0n) is 14.4. The van der Waals surface area contributed by atoms with Crippen molar-refractivity contribution in [2.24, 2.45) is 0 Å². The maximum Gasteiger partial charge on any atom is 0.136 e. The molecule has 0 aliphatic carbocycles. The van der Waals surface area contributed by atoms with Crippen LogP contribution in [0.15, 0.2) is 60.7 Å². The fourth-order valence-electron chi connectivity index (χ4n) is 2.65. The second kappa shape index (κ2) is 7.75. The minimum Gasteiger partial charge on any atom is -0.352 e. The molecule has 0 spiro atoms. The zero-order valence-corrected chi connectivity index (χ0v) is 14.4. The fraction of sp³-hybridized carbons (Fsp3) is 0.200. The highest BCUT2D eigenvalue weighted by atomic mass is 19.1. The van der Waals surface area contributed by atoms with Crippen LogP contribution in [0.4, 0.5) is 21.7 Å². The van der Waals surface area contributed by atoms with Crippen LogP contribution in [0.3, 0.4) is 0 Å². The highest BCUT2D eigenvalue weighted by Crippen LogP contribution is 2.21. The monoisotopic (exact) mass is 336 g/mol. The van der Waals surface area contributed by atoms with Gasteiger partial charge < -0.3 is 10.2 Å². The zero-order chi connectivity index (χ0) is 17.6. The molecule has 0 aliphatic rings. The van der Waals surface area contributed by atoms with E-state index in [1.165, 1.54) is 17.7 Å². The van der Waals surface area contributed by atoms with Crippen molar-refractivity contribution in [2.75, 3.05) is 16.8 Å². The highest BCUT2D eigenvalue weighted by molar-refractivity contribution is 5.59. The van der Waals surface area contributed by atoms with E-state index >= 15 is 0 Å². The molecular formula is C20H21FN4. The van der Waals surface area contributed by atoms with Crippen LogP contribution in [0.5, 0.6) is 0 Å². The number of halogens is 1. The van der Waals surface area contributed by atoms with Gasteiger partial charge in [-0.25, -0.2) is 14.4 Å². The molecule has 0 unspecified atom stereocenters. The first-order valence-electron chi connectivity index (χ1n) is 8.31. The predicted molar refractivity (Wildman–Crippen MR) is 99.6 cm³/mol. The Morgan fingerprint density at radius 2 is 1.80 bits per heavy atom. The van der Waals surface area contributed by atoms with Gasteiger partial charge in [0.05, 0.1) is 0 Å². The predicted octanol–water partition coefficient (Wildman–Crippen LogP) is 4.69. The molecule has 0 aliphatic heterocycles. The average Bonchev–Trinajstić information content (AvgIpc) is 2.60. The largest absolute Gasteiger partial charge is 0.352 e. The van der Waals surface area contributed by atoms with E-state index in [0.29, 0.717) is 17.3 Å². The Morgan fingerprint density at radius 1 is 1.00 bits per heavy atom. The number of nitrogens with zero attached hydrogens (tertiary/aromatic N) is 3. The van der Waals surface area contributed by atoms with E-state index in [9.17, 15) is 4.39 Å². The number of nitrogens with one attached hydrogen (secondary N) is 1. The van der Waals surface area contributed by atoms with Gasteiger partial charge in [-0.05, 0) is 37.6 Å². The fourth-order valence-corrected chi connectivity index (χ4v) is 2.65. The van der Waals surface area contributed by atoms with Gasteiger partial charge in [-0.3, -0.25) is 0 Å². The normalized spacial score (nSPS) is 10.5. The van der Waals surface area contributed by atoms with Crippen molar-refractivity contribution in [1.29, 1.82) is 0 Å². The summed E-state index contributed by atoms with van der Waals surface area (Å²) < 4.78 is 13.4. The third-order valence-corrected chi connectivity index (χ3v) is 3.84. The van der Waals surface area contributed by atoms with Crippen molar-refractivity contribution in [3.8, 4) is 0 Å². The van der Waals surface area contributed by atoms with E-state index in [1.54, 1.807) is 6.07 Å². The minimum absolute atomic E-state index is 0.282. The van der Waals surface area contributed by atoms with E-state index in [0.717, 1.165) is 18.9 Å². The van der Waals surface area contributed by atoms with Crippen LogP contribution in [0, 0.1) is 12.7 Å². The van der Waals surface area contributed by atoms with Gasteiger partial charge in [0.15, 0.2) is 0 Å². The molecule has 1 heterocycles. The summed E-state index contributed by atoms with van der Waals surface area (Å²) in [4.78, 5) is 11.2. The van der Waals surface area contributed by atoms with Crippen molar-refractivity contribution in [3.63, 3.8) is 0 Å². The molecule has 0 bridgehead atoms. The van der Waals surface area contributed by atoms with Gasteiger partial charge in [-0.2, -0.15) is 0 Å². The first-order chi connectivity index (χ1) is 12.1. The van der Waals surface area contributed by atoms with Gasteiger partial charge >= 0.3 is 0 Å². The van der Waals surface area contributed by atoms with Gasteiger partial charge in [0, 0.05) is 24.8 Å². The molecular weight excluding hydrogens is 315 g/mol. The summed E-state index contributed by atoms with van der Waals surface area (Å²) in [5, 5.41) is 3.15. The van der Waals surface area contributed by atoms with Gasteiger partial charge in [0.2, 0.25) is 0 Å². The lowest BCUT2D eigenvalue weighted by atomic mass is 10.2. The van der Waals surface area contributed by atoms with Crippen LogP contribution in [0.1, 0.15) is 18.3 Å². The smallest absolute Gasteiger partial charge is 0.136 e. The number of aryl methyl sites for hydroxylation is 1. The number of anilines is 3. The van der Waals surface area contributed by atoms with Crippen LogP contribution in [-0.2, 0) is 6.54 Å². The molecule has 0 amide bonds. The molecule has 2 aromatic carbocycles. The first kappa shape index (κ1) is 16.9. The van der Waals surface area contributed by atoms with Crippen molar-refractivity contribution < 1.29 is 4.39 Å². The topological polar surface area (TPSA) is 41.0 Å². The molecule has 3 aromatic rings. The second-order valence-corrected chi connectivity index (χ2v) is 5.79. The molecule has 25 heavy (non-hydrogen) atoms. The maximum absolute atomic E-state index is 13.4. The number of hydrogen-bond acceptors (Lipinski definition) is 4. The molecule has 0 fully saturated rings. The molecule has 1 N–H and O–H groups in total. The van der Waals surface area contributed by atoms with E-state index < -0.39 is 0 Å². The summed E-state index contributed by atoms with van der Waals surface area (Å²) in [7, 11) is 0. The Hall–Kier alpha value is -2.95. The maximum atomic E-state index is 13.4. The lowest BCUT2D eigenvalue weighted by molar-refractivity contribution is 0.628. The molecule has 128 valence electrons. The molecule has 0 saturated carbocycles. The second-order valence-electron chi connectivity index (χ2n) is 5.79. The Morgan fingerprint density at radius 3 is 2.52 bits per heavy atom. The molecule has 0 atom stereocenters.